The maximum Gasteiger partial charge on any atom is 0.123 e. The third-order valence-corrected chi connectivity index (χ3v) is 3.01. The van der Waals surface area contributed by atoms with Crippen molar-refractivity contribution in [2.24, 2.45) is 0 Å². The summed E-state index contributed by atoms with van der Waals surface area (Å²) in [6.07, 6.45) is 3.92. The molecule has 0 bridgehead atoms. The van der Waals surface area contributed by atoms with Gasteiger partial charge in [-0.2, -0.15) is 5.26 Å². The molecule has 0 unspecified atom stereocenters. The number of nitriles is 1. The van der Waals surface area contributed by atoms with Gasteiger partial charge in [-0.15, -0.1) is 0 Å². The van der Waals surface area contributed by atoms with Crippen molar-refractivity contribution >= 4 is 5.69 Å². The number of hydrogen-bond acceptors (Lipinski definition) is 2. The van der Waals surface area contributed by atoms with E-state index in [1.165, 1.54) is 31.4 Å². The molecule has 0 atom stereocenters. The number of hydrogen-bond donors (Lipinski definition) is 0. The van der Waals surface area contributed by atoms with Gasteiger partial charge in [-0.25, -0.2) is 4.39 Å². The van der Waals surface area contributed by atoms with Crippen molar-refractivity contribution in [3.05, 3.63) is 29.6 Å². The van der Waals surface area contributed by atoms with Crippen LogP contribution in [0.2, 0.25) is 0 Å². The molecule has 1 aliphatic rings. The smallest absolute Gasteiger partial charge is 0.123 e. The van der Waals surface area contributed by atoms with Gasteiger partial charge in [-0.3, -0.25) is 0 Å². The number of anilines is 1. The van der Waals surface area contributed by atoms with Gasteiger partial charge in [0.05, 0.1) is 12.5 Å². The normalized spacial score (nSPS) is 15.9. The van der Waals surface area contributed by atoms with Crippen LogP contribution in [0, 0.1) is 17.1 Å². The van der Waals surface area contributed by atoms with Gasteiger partial charge in [-0.1, -0.05) is 0 Å². The second kappa shape index (κ2) is 4.98. The molecular weight excluding hydrogens is 203 g/mol. The standard InChI is InChI=1S/C13H15FN2/c14-12-4-5-13(11(10-12)6-7-15)16-8-2-1-3-9-16/h4-5,10H,1-3,6,8-9H2. The van der Waals surface area contributed by atoms with E-state index >= 15 is 0 Å². The van der Waals surface area contributed by atoms with Gasteiger partial charge in [0.15, 0.2) is 0 Å². The van der Waals surface area contributed by atoms with Crippen molar-refractivity contribution in [3.63, 3.8) is 0 Å². The van der Waals surface area contributed by atoms with Crippen molar-refractivity contribution in [2.75, 3.05) is 18.0 Å². The maximum atomic E-state index is 13.1. The van der Waals surface area contributed by atoms with Crippen molar-refractivity contribution in [1.29, 1.82) is 5.26 Å². The van der Waals surface area contributed by atoms with E-state index in [1.54, 1.807) is 6.07 Å². The lowest BCUT2D eigenvalue weighted by Gasteiger charge is -2.30. The molecule has 2 nitrogen and oxygen atoms in total. The van der Waals surface area contributed by atoms with Crippen LogP contribution in [0.1, 0.15) is 24.8 Å². The van der Waals surface area contributed by atoms with E-state index < -0.39 is 0 Å². The van der Waals surface area contributed by atoms with Gasteiger partial charge in [0.25, 0.3) is 0 Å². The minimum absolute atomic E-state index is 0.258. The zero-order valence-corrected chi connectivity index (χ0v) is 9.25. The molecule has 1 aromatic rings. The Hall–Kier alpha value is -1.56. The lowest BCUT2D eigenvalue weighted by Crippen LogP contribution is -2.30. The van der Waals surface area contributed by atoms with Gasteiger partial charge in [0.1, 0.15) is 5.82 Å². The highest BCUT2D eigenvalue weighted by Crippen LogP contribution is 2.25. The maximum absolute atomic E-state index is 13.1. The van der Waals surface area contributed by atoms with Crippen LogP contribution in [-0.4, -0.2) is 13.1 Å². The largest absolute Gasteiger partial charge is 0.371 e. The van der Waals surface area contributed by atoms with Crippen molar-refractivity contribution in [3.8, 4) is 6.07 Å². The van der Waals surface area contributed by atoms with E-state index in [4.69, 9.17) is 5.26 Å². The van der Waals surface area contributed by atoms with Crippen LogP contribution in [0.4, 0.5) is 10.1 Å². The van der Waals surface area contributed by atoms with E-state index in [1.807, 2.05) is 0 Å². The summed E-state index contributed by atoms with van der Waals surface area (Å²) in [5, 5.41) is 8.74. The molecule has 2 rings (SSSR count). The van der Waals surface area contributed by atoms with E-state index in [0.29, 0.717) is 0 Å². The summed E-state index contributed by atoms with van der Waals surface area (Å²) in [7, 11) is 0. The number of nitrogens with zero attached hydrogens (tertiary/aromatic N) is 2. The summed E-state index contributed by atoms with van der Waals surface area (Å²) in [5.74, 6) is -0.258. The molecule has 1 aliphatic heterocycles. The van der Waals surface area contributed by atoms with Crippen molar-refractivity contribution in [2.45, 2.75) is 25.7 Å². The number of rotatable bonds is 2. The number of halogens is 1. The molecule has 0 radical (unpaired) electrons. The Labute approximate surface area is 95.3 Å². The molecule has 16 heavy (non-hydrogen) atoms. The van der Waals surface area contributed by atoms with E-state index in [-0.39, 0.29) is 12.2 Å². The minimum Gasteiger partial charge on any atom is -0.371 e. The Kier molecular flexibility index (Phi) is 3.40. The number of piperidine rings is 1. The first-order valence-electron chi connectivity index (χ1n) is 5.71. The predicted molar refractivity (Wildman–Crippen MR) is 61.8 cm³/mol. The van der Waals surface area contributed by atoms with Gasteiger partial charge in [0, 0.05) is 18.8 Å². The number of benzene rings is 1. The van der Waals surface area contributed by atoms with Crippen LogP contribution in [0.3, 0.4) is 0 Å². The Bertz CT molecular complexity index is 403. The average Bonchev–Trinajstić information content (AvgIpc) is 2.31. The van der Waals surface area contributed by atoms with Gasteiger partial charge in [-0.05, 0) is 43.0 Å². The third-order valence-electron chi connectivity index (χ3n) is 3.01. The molecule has 0 amide bonds. The molecule has 1 fully saturated rings. The minimum atomic E-state index is -0.258. The zero-order chi connectivity index (χ0) is 11.4. The topological polar surface area (TPSA) is 27.0 Å². The molecule has 1 heterocycles. The lowest BCUT2D eigenvalue weighted by molar-refractivity contribution is 0.575. The molecule has 84 valence electrons. The SMILES string of the molecule is N#CCc1cc(F)ccc1N1CCCCC1. The molecule has 0 N–H and O–H groups in total. The van der Waals surface area contributed by atoms with E-state index in [0.717, 1.165) is 24.3 Å². The lowest BCUT2D eigenvalue weighted by atomic mass is 10.1. The van der Waals surface area contributed by atoms with Crippen LogP contribution in [0.25, 0.3) is 0 Å². The van der Waals surface area contributed by atoms with Crippen molar-refractivity contribution < 1.29 is 4.39 Å². The molecule has 0 aromatic heterocycles. The molecule has 1 saturated heterocycles. The molecule has 0 saturated carbocycles. The summed E-state index contributed by atoms with van der Waals surface area (Å²) in [6, 6.07) is 6.85. The first-order valence-corrected chi connectivity index (χ1v) is 5.71. The highest BCUT2D eigenvalue weighted by molar-refractivity contribution is 5.55. The molecule has 0 spiro atoms. The molecule has 1 aromatic carbocycles. The monoisotopic (exact) mass is 218 g/mol. The fourth-order valence-corrected chi connectivity index (χ4v) is 2.22. The van der Waals surface area contributed by atoms with E-state index in [9.17, 15) is 4.39 Å². The van der Waals surface area contributed by atoms with Gasteiger partial charge < -0.3 is 4.90 Å². The summed E-state index contributed by atoms with van der Waals surface area (Å²) in [6.45, 7) is 2.04. The van der Waals surface area contributed by atoms with Crippen LogP contribution in [0.15, 0.2) is 18.2 Å². The van der Waals surface area contributed by atoms with Crippen LogP contribution in [0.5, 0.6) is 0 Å². The zero-order valence-electron chi connectivity index (χ0n) is 9.25. The summed E-state index contributed by atoms with van der Waals surface area (Å²) < 4.78 is 13.1. The molecular formula is C13H15FN2. The Morgan fingerprint density at radius 1 is 1.25 bits per heavy atom. The molecule has 3 heteroatoms. The first-order chi connectivity index (χ1) is 7.81. The second-order valence-electron chi connectivity index (χ2n) is 4.16. The van der Waals surface area contributed by atoms with Gasteiger partial charge >= 0.3 is 0 Å². The second-order valence-corrected chi connectivity index (χ2v) is 4.16. The fraction of sp³-hybridized carbons (Fsp3) is 0.462. The Morgan fingerprint density at radius 2 is 2.00 bits per heavy atom. The Balaban J connectivity index is 2.27. The molecule has 0 aliphatic carbocycles. The van der Waals surface area contributed by atoms with Crippen LogP contribution >= 0.6 is 0 Å². The predicted octanol–water partition coefficient (Wildman–Crippen LogP) is 2.88. The third kappa shape index (κ3) is 2.33. The van der Waals surface area contributed by atoms with Gasteiger partial charge in [0.2, 0.25) is 0 Å². The fourth-order valence-electron chi connectivity index (χ4n) is 2.22. The van der Waals surface area contributed by atoms with Crippen LogP contribution in [-0.2, 0) is 6.42 Å². The average molecular weight is 218 g/mol. The van der Waals surface area contributed by atoms with Crippen LogP contribution < -0.4 is 4.90 Å². The van der Waals surface area contributed by atoms with E-state index in [2.05, 4.69) is 11.0 Å². The highest BCUT2D eigenvalue weighted by atomic mass is 19.1. The summed E-state index contributed by atoms with van der Waals surface area (Å²) >= 11 is 0. The first kappa shape index (κ1) is 10.9. The Morgan fingerprint density at radius 3 is 2.69 bits per heavy atom. The summed E-state index contributed by atoms with van der Waals surface area (Å²) in [5.41, 5.74) is 1.84. The van der Waals surface area contributed by atoms with Crippen molar-refractivity contribution in [1.82, 2.24) is 0 Å². The quantitative estimate of drug-likeness (QED) is 0.763. The highest BCUT2D eigenvalue weighted by Gasteiger charge is 2.14. The summed E-state index contributed by atoms with van der Waals surface area (Å²) in [4.78, 5) is 2.26.